The lowest BCUT2D eigenvalue weighted by Gasteiger charge is -2.33. The molecular formula is C14H15NO2S2. The first kappa shape index (κ1) is 12.8. The molecule has 100 valence electrons. The summed E-state index contributed by atoms with van der Waals surface area (Å²) in [5.74, 6) is -0.732. The highest BCUT2D eigenvalue weighted by Gasteiger charge is 2.33. The first-order valence-corrected chi connectivity index (χ1v) is 8.12. The Hall–Kier alpha value is -1.17. The standard InChI is InChI=1S/C14H15NO2S2/c16-14(17)13-11-4-8-19-12(11)2-6-15(13)5-1-10-3-7-18-9-10/h3-4,7-9,13H,1-2,5-6H2,(H,16,17). The Morgan fingerprint density at radius 2 is 2.32 bits per heavy atom. The fraction of sp³-hybridized carbons (Fsp3) is 0.357. The Labute approximate surface area is 120 Å². The summed E-state index contributed by atoms with van der Waals surface area (Å²) in [5, 5.41) is 15.7. The molecule has 5 heteroatoms. The molecule has 0 amide bonds. The molecule has 1 atom stereocenters. The molecule has 0 bridgehead atoms. The maximum atomic E-state index is 11.6. The molecule has 3 nitrogen and oxygen atoms in total. The average Bonchev–Trinajstić information content (AvgIpc) is 3.06. The normalized spacial score (nSPS) is 19.3. The van der Waals surface area contributed by atoms with Gasteiger partial charge in [-0.25, -0.2) is 0 Å². The highest BCUT2D eigenvalue weighted by Crippen LogP contribution is 2.33. The van der Waals surface area contributed by atoms with E-state index in [2.05, 4.69) is 21.7 Å². The number of aliphatic carboxylic acids is 1. The maximum absolute atomic E-state index is 11.6. The summed E-state index contributed by atoms with van der Waals surface area (Å²) in [6.07, 6.45) is 1.90. The lowest BCUT2D eigenvalue weighted by molar-refractivity contribution is -0.144. The van der Waals surface area contributed by atoms with Crippen molar-refractivity contribution in [2.24, 2.45) is 0 Å². The summed E-state index contributed by atoms with van der Waals surface area (Å²) in [6.45, 7) is 1.65. The van der Waals surface area contributed by atoms with Crippen molar-refractivity contribution in [3.63, 3.8) is 0 Å². The van der Waals surface area contributed by atoms with E-state index in [1.807, 2.05) is 11.4 Å². The second-order valence-electron chi connectivity index (χ2n) is 4.71. The zero-order valence-electron chi connectivity index (χ0n) is 10.4. The third-order valence-electron chi connectivity index (χ3n) is 3.57. The van der Waals surface area contributed by atoms with Crippen LogP contribution >= 0.6 is 22.7 Å². The fourth-order valence-corrected chi connectivity index (χ4v) is 4.21. The van der Waals surface area contributed by atoms with E-state index in [-0.39, 0.29) is 0 Å². The maximum Gasteiger partial charge on any atom is 0.325 e. The summed E-state index contributed by atoms with van der Waals surface area (Å²) < 4.78 is 0. The first-order valence-electron chi connectivity index (χ1n) is 6.30. The van der Waals surface area contributed by atoms with Crippen molar-refractivity contribution < 1.29 is 9.90 Å². The Kier molecular flexibility index (Phi) is 3.68. The smallest absolute Gasteiger partial charge is 0.325 e. The molecule has 0 saturated heterocycles. The van der Waals surface area contributed by atoms with Crippen LogP contribution in [0.25, 0.3) is 0 Å². The molecule has 0 saturated carbocycles. The number of fused-ring (bicyclic) bond motifs is 1. The van der Waals surface area contributed by atoms with Gasteiger partial charge in [-0.15, -0.1) is 11.3 Å². The van der Waals surface area contributed by atoms with Gasteiger partial charge in [0.2, 0.25) is 0 Å². The van der Waals surface area contributed by atoms with Crippen LogP contribution in [-0.4, -0.2) is 29.1 Å². The number of rotatable bonds is 4. The number of hydrogen-bond acceptors (Lipinski definition) is 4. The molecule has 2 aromatic heterocycles. The predicted octanol–water partition coefficient (Wildman–Crippen LogP) is 3.04. The molecule has 1 unspecified atom stereocenters. The lowest BCUT2D eigenvalue weighted by atomic mass is 9.99. The molecule has 2 aromatic rings. The van der Waals surface area contributed by atoms with E-state index in [1.54, 1.807) is 22.7 Å². The number of carboxylic acids is 1. The Morgan fingerprint density at radius 3 is 3.05 bits per heavy atom. The third-order valence-corrected chi connectivity index (χ3v) is 5.30. The molecule has 1 aliphatic rings. The highest BCUT2D eigenvalue weighted by atomic mass is 32.1. The van der Waals surface area contributed by atoms with E-state index in [0.29, 0.717) is 0 Å². The molecule has 3 rings (SSSR count). The number of thiophene rings is 2. The van der Waals surface area contributed by atoms with E-state index >= 15 is 0 Å². The molecule has 0 aromatic carbocycles. The van der Waals surface area contributed by atoms with Gasteiger partial charge in [-0.3, -0.25) is 9.69 Å². The Balaban J connectivity index is 1.76. The van der Waals surface area contributed by atoms with Gasteiger partial charge in [-0.2, -0.15) is 11.3 Å². The summed E-state index contributed by atoms with van der Waals surface area (Å²) in [6, 6.07) is 3.62. The minimum Gasteiger partial charge on any atom is -0.480 e. The number of carboxylic acid groups (broad SMARTS) is 1. The van der Waals surface area contributed by atoms with Crippen molar-refractivity contribution in [1.82, 2.24) is 4.90 Å². The lowest BCUT2D eigenvalue weighted by Crippen LogP contribution is -2.40. The SMILES string of the molecule is O=C(O)C1c2ccsc2CCN1CCc1ccsc1. The molecule has 0 radical (unpaired) electrons. The second kappa shape index (κ2) is 5.45. The number of hydrogen-bond donors (Lipinski definition) is 1. The minimum absolute atomic E-state index is 0.464. The Morgan fingerprint density at radius 1 is 1.42 bits per heavy atom. The van der Waals surface area contributed by atoms with Crippen LogP contribution < -0.4 is 0 Å². The van der Waals surface area contributed by atoms with Gasteiger partial charge >= 0.3 is 5.97 Å². The van der Waals surface area contributed by atoms with Crippen LogP contribution in [0.5, 0.6) is 0 Å². The average molecular weight is 293 g/mol. The summed E-state index contributed by atoms with van der Waals surface area (Å²) >= 11 is 3.37. The first-order chi connectivity index (χ1) is 9.25. The molecule has 0 spiro atoms. The highest BCUT2D eigenvalue weighted by molar-refractivity contribution is 7.10. The summed E-state index contributed by atoms with van der Waals surface area (Å²) in [4.78, 5) is 14.9. The molecule has 19 heavy (non-hydrogen) atoms. The molecule has 0 fully saturated rings. The van der Waals surface area contributed by atoms with Crippen LogP contribution in [0.15, 0.2) is 28.3 Å². The quantitative estimate of drug-likeness (QED) is 0.942. The van der Waals surface area contributed by atoms with Gasteiger partial charge < -0.3 is 5.11 Å². The predicted molar refractivity (Wildman–Crippen MR) is 78.0 cm³/mol. The van der Waals surface area contributed by atoms with Gasteiger partial charge in [0.1, 0.15) is 6.04 Å². The van der Waals surface area contributed by atoms with Crippen molar-refractivity contribution in [3.8, 4) is 0 Å². The van der Waals surface area contributed by atoms with E-state index in [0.717, 1.165) is 31.5 Å². The van der Waals surface area contributed by atoms with Gasteiger partial charge in [0.05, 0.1) is 0 Å². The number of carbonyl (C=O) groups is 1. The van der Waals surface area contributed by atoms with Gasteiger partial charge in [0.25, 0.3) is 0 Å². The minimum atomic E-state index is -0.732. The van der Waals surface area contributed by atoms with Crippen LogP contribution in [0.3, 0.4) is 0 Å². The van der Waals surface area contributed by atoms with Crippen LogP contribution in [0.2, 0.25) is 0 Å². The zero-order chi connectivity index (χ0) is 13.2. The molecule has 1 aliphatic heterocycles. The van der Waals surface area contributed by atoms with E-state index in [9.17, 15) is 9.90 Å². The van der Waals surface area contributed by atoms with Crippen LogP contribution in [-0.2, 0) is 17.6 Å². The van der Waals surface area contributed by atoms with Crippen LogP contribution in [0.4, 0.5) is 0 Å². The molecule has 1 N–H and O–H groups in total. The van der Waals surface area contributed by atoms with Gasteiger partial charge in [-0.05, 0) is 52.2 Å². The van der Waals surface area contributed by atoms with Crippen molar-refractivity contribution in [2.75, 3.05) is 13.1 Å². The van der Waals surface area contributed by atoms with Gasteiger partial charge in [-0.1, -0.05) is 0 Å². The van der Waals surface area contributed by atoms with Gasteiger partial charge in [0.15, 0.2) is 0 Å². The second-order valence-corrected chi connectivity index (χ2v) is 6.49. The molecule has 0 aliphatic carbocycles. The van der Waals surface area contributed by atoms with Crippen molar-refractivity contribution >= 4 is 28.6 Å². The summed E-state index contributed by atoms with van der Waals surface area (Å²) in [5.41, 5.74) is 2.29. The van der Waals surface area contributed by atoms with Crippen molar-refractivity contribution in [1.29, 1.82) is 0 Å². The third kappa shape index (κ3) is 2.59. The van der Waals surface area contributed by atoms with E-state index in [1.165, 1.54) is 10.4 Å². The zero-order valence-corrected chi connectivity index (χ0v) is 12.0. The van der Waals surface area contributed by atoms with Crippen molar-refractivity contribution in [3.05, 3.63) is 44.3 Å². The fourth-order valence-electron chi connectivity index (χ4n) is 2.61. The van der Waals surface area contributed by atoms with Crippen molar-refractivity contribution in [2.45, 2.75) is 18.9 Å². The number of nitrogens with zero attached hydrogens (tertiary/aromatic N) is 1. The monoisotopic (exact) mass is 293 g/mol. The van der Waals surface area contributed by atoms with Crippen LogP contribution in [0.1, 0.15) is 22.0 Å². The largest absolute Gasteiger partial charge is 0.480 e. The Bertz CT molecular complexity index is 562. The van der Waals surface area contributed by atoms with Gasteiger partial charge in [0, 0.05) is 18.0 Å². The molecular weight excluding hydrogens is 278 g/mol. The molecule has 3 heterocycles. The summed E-state index contributed by atoms with van der Waals surface area (Å²) in [7, 11) is 0. The topological polar surface area (TPSA) is 40.5 Å². The van der Waals surface area contributed by atoms with Crippen LogP contribution in [0, 0.1) is 0 Å². The van der Waals surface area contributed by atoms with E-state index < -0.39 is 12.0 Å². The van der Waals surface area contributed by atoms with E-state index in [4.69, 9.17) is 0 Å².